The molecule has 1 rings (SSSR count). The normalized spacial score (nSPS) is 9.64. The lowest BCUT2D eigenvalue weighted by Gasteiger charge is -2.08. The molecule has 0 aromatic heterocycles. The smallest absolute Gasteiger partial charge is 0.156 e. The maximum atomic E-state index is 5.76. The van der Waals surface area contributed by atoms with Gasteiger partial charge in [0, 0.05) is 0 Å². The van der Waals surface area contributed by atoms with Crippen molar-refractivity contribution in [2.75, 3.05) is 12.3 Å². The summed E-state index contributed by atoms with van der Waals surface area (Å²) >= 11 is 3.39. The molecule has 0 fully saturated rings. The van der Waals surface area contributed by atoms with Crippen LogP contribution < -0.4 is 10.5 Å². The van der Waals surface area contributed by atoms with Gasteiger partial charge in [0.15, 0.2) is 5.75 Å². The number of halogens is 1. The predicted molar refractivity (Wildman–Crippen MR) is 63.5 cm³/mol. The second-order valence-corrected chi connectivity index (χ2v) is 4.11. The second-order valence-electron chi connectivity index (χ2n) is 3.25. The van der Waals surface area contributed by atoms with E-state index in [1.807, 2.05) is 38.1 Å². The number of nitrogen functional groups attached to an aromatic ring is 1. The van der Waals surface area contributed by atoms with Gasteiger partial charge in [0.25, 0.3) is 0 Å². The fraction of sp³-hybridized carbons (Fsp3) is 0.273. The van der Waals surface area contributed by atoms with Crippen LogP contribution in [0.25, 0.3) is 0 Å². The van der Waals surface area contributed by atoms with E-state index in [0.717, 1.165) is 4.47 Å². The van der Waals surface area contributed by atoms with Crippen LogP contribution in [-0.4, -0.2) is 6.61 Å². The maximum Gasteiger partial charge on any atom is 0.156 e. The lowest BCUT2D eigenvalue weighted by Crippen LogP contribution is -1.98. The first-order chi connectivity index (χ1) is 6.61. The van der Waals surface area contributed by atoms with Crippen molar-refractivity contribution in [1.82, 2.24) is 0 Å². The standard InChI is InChI=1S/C11H14BrNO/c1-8(2)6-7-14-11-9(12)4-3-5-10(11)13/h3-6H,7,13H2,1-2H3. The third-order valence-corrected chi connectivity index (χ3v) is 2.34. The molecule has 2 N–H and O–H groups in total. The molecule has 0 aliphatic carbocycles. The van der Waals surface area contributed by atoms with E-state index in [1.54, 1.807) is 0 Å². The Kier molecular flexibility index (Phi) is 4.01. The molecule has 0 saturated heterocycles. The van der Waals surface area contributed by atoms with E-state index in [2.05, 4.69) is 15.9 Å². The summed E-state index contributed by atoms with van der Waals surface area (Å²) in [5.41, 5.74) is 7.65. The van der Waals surface area contributed by atoms with Crippen LogP contribution >= 0.6 is 15.9 Å². The molecule has 0 spiro atoms. The summed E-state index contributed by atoms with van der Waals surface area (Å²) in [7, 11) is 0. The number of rotatable bonds is 3. The number of anilines is 1. The molecule has 14 heavy (non-hydrogen) atoms. The molecule has 0 bridgehead atoms. The summed E-state index contributed by atoms with van der Waals surface area (Å²) in [5.74, 6) is 0.713. The lowest BCUT2D eigenvalue weighted by atomic mass is 10.3. The Balaban J connectivity index is 2.71. The summed E-state index contributed by atoms with van der Waals surface area (Å²) < 4.78 is 6.42. The van der Waals surface area contributed by atoms with Gasteiger partial charge in [0.1, 0.15) is 6.61 Å². The molecular weight excluding hydrogens is 242 g/mol. The van der Waals surface area contributed by atoms with Gasteiger partial charge >= 0.3 is 0 Å². The van der Waals surface area contributed by atoms with E-state index in [0.29, 0.717) is 18.0 Å². The summed E-state index contributed by atoms with van der Waals surface area (Å²) in [6, 6.07) is 5.62. The van der Waals surface area contributed by atoms with Crippen molar-refractivity contribution in [3.8, 4) is 5.75 Å². The molecule has 0 heterocycles. The molecule has 0 aliphatic heterocycles. The molecule has 76 valence electrons. The first kappa shape index (κ1) is 11.1. The van der Waals surface area contributed by atoms with Crippen LogP contribution in [0.5, 0.6) is 5.75 Å². The number of hydrogen-bond acceptors (Lipinski definition) is 2. The van der Waals surface area contributed by atoms with E-state index in [1.165, 1.54) is 5.57 Å². The third kappa shape index (κ3) is 3.07. The molecule has 0 atom stereocenters. The summed E-state index contributed by atoms with van der Waals surface area (Å²) in [5, 5.41) is 0. The highest BCUT2D eigenvalue weighted by molar-refractivity contribution is 9.10. The first-order valence-electron chi connectivity index (χ1n) is 4.41. The van der Waals surface area contributed by atoms with E-state index >= 15 is 0 Å². The molecule has 1 aromatic rings. The van der Waals surface area contributed by atoms with Crippen molar-refractivity contribution >= 4 is 21.6 Å². The highest BCUT2D eigenvalue weighted by Gasteiger charge is 2.03. The molecule has 3 heteroatoms. The minimum absolute atomic E-state index is 0.551. The van der Waals surface area contributed by atoms with Crippen LogP contribution in [-0.2, 0) is 0 Å². The van der Waals surface area contributed by atoms with Gasteiger partial charge in [-0.05, 0) is 48.0 Å². The van der Waals surface area contributed by atoms with Gasteiger partial charge in [0.2, 0.25) is 0 Å². The fourth-order valence-electron chi connectivity index (χ4n) is 0.969. The summed E-state index contributed by atoms with van der Waals surface area (Å²) in [4.78, 5) is 0. The molecule has 0 amide bonds. The molecule has 0 unspecified atom stereocenters. The molecule has 1 aromatic carbocycles. The van der Waals surface area contributed by atoms with Crippen molar-refractivity contribution in [1.29, 1.82) is 0 Å². The van der Waals surface area contributed by atoms with E-state index < -0.39 is 0 Å². The van der Waals surface area contributed by atoms with Crippen molar-refractivity contribution in [2.24, 2.45) is 0 Å². The zero-order valence-corrected chi connectivity index (χ0v) is 9.97. The quantitative estimate of drug-likeness (QED) is 0.664. The Labute approximate surface area is 92.9 Å². The molecule has 2 nitrogen and oxygen atoms in total. The van der Waals surface area contributed by atoms with Gasteiger partial charge in [-0.2, -0.15) is 0 Å². The lowest BCUT2D eigenvalue weighted by molar-refractivity contribution is 0.361. The van der Waals surface area contributed by atoms with Crippen LogP contribution in [0.3, 0.4) is 0 Å². The number of para-hydroxylation sites is 1. The molecule has 0 radical (unpaired) electrons. The maximum absolute atomic E-state index is 5.76. The van der Waals surface area contributed by atoms with E-state index in [9.17, 15) is 0 Å². The number of nitrogens with two attached hydrogens (primary N) is 1. The molecule has 0 aliphatic rings. The van der Waals surface area contributed by atoms with Crippen LogP contribution in [0.4, 0.5) is 5.69 Å². The van der Waals surface area contributed by atoms with Gasteiger partial charge in [-0.3, -0.25) is 0 Å². The minimum Gasteiger partial charge on any atom is -0.486 e. The number of hydrogen-bond donors (Lipinski definition) is 1. The van der Waals surface area contributed by atoms with Crippen LogP contribution in [0.1, 0.15) is 13.8 Å². The first-order valence-corrected chi connectivity index (χ1v) is 5.20. The van der Waals surface area contributed by atoms with Crippen molar-refractivity contribution in [3.05, 3.63) is 34.3 Å². The average molecular weight is 256 g/mol. The van der Waals surface area contributed by atoms with Gasteiger partial charge in [-0.1, -0.05) is 11.6 Å². The monoisotopic (exact) mass is 255 g/mol. The number of benzene rings is 1. The Morgan fingerprint density at radius 1 is 1.50 bits per heavy atom. The topological polar surface area (TPSA) is 35.2 Å². The number of ether oxygens (including phenoxy) is 1. The SMILES string of the molecule is CC(C)=CCOc1c(N)cccc1Br. The fourth-order valence-corrected chi connectivity index (χ4v) is 1.47. The highest BCUT2D eigenvalue weighted by Crippen LogP contribution is 2.30. The molecule has 0 saturated carbocycles. The number of allylic oxidation sites excluding steroid dienone is 1. The minimum atomic E-state index is 0.551. The summed E-state index contributed by atoms with van der Waals surface area (Å²) in [6.07, 6.45) is 2.01. The van der Waals surface area contributed by atoms with Crippen molar-refractivity contribution < 1.29 is 4.74 Å². The van der Waals surface area contributed by atoms with E-state index in [4.69, 9.17) is 10.5 Å². The van der Waals surface area contributed by atoms with Gasteiger partial charge in [-0.25, -0.2) is 0 Å². The Hall–Kier alpha value is -0.960. The van der Waals surface area contributed by atoms with Gasteiger partial charge < -0.3 is 10.5 Å². The highest BCUT2D eigenvalue weighted by atomic mass is 79.9. The van der Waals surface area contributed by atoms with Crippen molar-refractivity contribution in [3.63, 3.8) is 0 Å². The molecular formula is C11H14BrNO. The van der Waals surface area contributed by atoms with Crippen LogP contribution in [0, 0.1) is 0 Å². The Morgan fingerprint density at radius 2 is 2.21 bits per heavy atom. The zero-order valence-electron chi connectivity index (χ0n) is 8.38. The predicted octanol–water partition coefficient (Wildman–Crippen LogP) is 3.38. The van der Waals surface area contributed by atoms with Gasteiger partial charge in [0.05, 0.1) is 10.2 Å². The Morgan fingerprint density at radius 3 is 2.79 bits per heavy atom. The zero-order chi connectivity index (χ0) is 10.6. The van der Waals surface area contributed by atoms with Gasteiger partial charge in [-0.15, -0.1) is 0 Å². The largest absolute Gasteiger partial charge is 0.486 e. The van der Waals surface area contributed by atoms with Crippen LogP contribution in [0.2, 0.25) is 0 Å². The third-order valence-electron chi connectivity index (χ3n) is 1.72. The summed E-state index contributed by atoms with van der Waals surface area (Å²) in [6.45, 7) is 4.62. The van der Waals surface area contributed by atoms with Crippen LogP contribution in [0.15, 0.2) is 34.3 Å². The second kappa shape index (κ2) is 5.05. The average Bonchev–Trinajstić information content (AvgIpc) is 2.09. The van der Waals surface area contributed by atoms with E-state index in [-0.39, 0.29) is 0 Å². The van der Waals surface area contributed by atoms with Crippen molar-refractivity contribution in [2.45, 2.75) is 13.8 Å². The Bertz CT molecular complexity index is 323.